The highest BCUT2D eigenvalue weighted by atomic mass is 33.1. The van der Waals surface area contributed by atoms with Crippen molar-refractivity contribution in [2.24, 2.45) is 51.0 Å². The third kappa shape index (κ3) is 35.2. The van der Waals surface area contributed by atoms with Gasteiger partial charge in [-0.15, -0.1) is 0 Å². The zero-order valence-corrected chi connectivity index (χ0v) is 25.9. The highest BCUT2D eigenvalue weighted by molar-refractivity contribution is 8.76. The zero-order valence-electron chi connectivity index (χ0n) is 24.3. The van der Waals surface area contributed by atoms with E-state index in [1.807, 2.05) is 13.8 Å². The van der Waals surface area contributed by atoms with E-state index in [2.05, 4.69) is 4.99 Å². The summed E-state index contributed by atoms with van der Waals surface area (Å²) in [6, 6.07) is -4.51. The second-order valence-corrected chi connectivity index (χ2v) is 11.6. The molecule has 254 valence electrons. The number of hydrogen-bond acceptors (Lipinski definition) is 14. The van der Waals surface area contributed by atoms with E-state index in [0.29, 0.717) is 31.7 Å². The molecule has 0 aromatic carbocycles. The molecule has 43 heavy (non-hydrogen) atoms. The highest BCUT2D eigenvalue weighted by Crippen LogP contribution is 2.22. The van der Waals surface area contributed by atoms with Crippen LogP contribution >= 0.6 is 21.6 Å². The average molecular weight is 665 g/mol. The topological polar surface area (TPSA) is 401 Å². The van der Waals surface area contributed by atoms with Crippen molar-refractivity contribution >= 4 is 57.4 Å². The van der Waals surface area contributed by atoms with Crippen LogP contribution < -0.4 is 40.1 Å². The molecule has 6 atom stereocenters. The summed E-state index contributed by atoms with van der Waals surface area (Å²) in [5, 5.41) is 50.1. The van der Waals surface area contributed by atoms with Gasteiger partial charge in [0.25, 0.3) is 0 Å². The van der Waals surface area contributed by atoms with E-state index in [1.54, 1.807) is 0 Å². The highest BCUT2D eigenvalue weighted by Gasteiger charge is 2.16. The lowest BCUT2D eigenvalue weighted by atomic mass is 10.1. The fourth-order valence-corrected chi connectivity index (χ4v) is 4.07. The van der Waals surface area contributed by atoms with E-state index in [0.717, 1.165) is 0 Å². The van der Waals surface area contributed by atoms with E-state index in [1.165, 1.54) is 28.5 Å². The molecular formula is C22H48N8O11S2. The third-order valence-corrected chi connectivity index (χ3v) is 6.82. The van der Waals surface area contributed by atoms with Crippen molar-refractivity contribution in [1.82, 2.24) is 0 Å². The second-order valence-electron chi connectivity index (χ2n) is 9.03. The standard InChI is InChI=1S/C6H14N4O2.C6H12N2O4S2.C6H13NO2.C4H9NO3/c7-4(5(11)12)2-1-3-10-6(8)9;7-3(5(9)10)1-13-14-2-4(8)6(11)12;1-4(2)3-5(7)6(8)9;1-2(6)3(5)4(7)8/h4H,1-3,7H2,(H,11,12)(H4,8,9,10);3-4H,1-2,7-8H2,(H,9,10)(H,11,12);4-5H,3,7H2,1-2H3,(H,8,9);2-3,6H,5H2,1H3,(H,7,8). The van der Waals surface area contributed by atoms with Gasteiger partial charge in [-0.3, -0.25) is 29.0 Å². The fourth-order valence-electron chi connectivity index (χ4n) is 1.84. The predicted octanol–water partition coefficient (Wildman–Crippen LogP) is -3.13. The lowest BCUT2D eigenvalue weighted by molar-refractivity contribution is -0.141. The van der Waals surface area contributed by atoms with Crippen LogP contribution in [0.4, 0.5) is 0 Å². The number of carboxylic acids is 5. The van der Waals surface area contributed by atoms with Crippen molar-refractivity contribution in [2.45, 2.75) is 76.3 Å². The number of carbonyl (C=O) groups is 5. The van der Waals surface area contributed by atoms with E-state index < -0.39 is 66.2 Å². The van der Waals surface area contributed by atoms with Gasteiger partial charge >= 0.3 is 29.8 Å². The molecule has 0 aliphatic carbocycles. The van der Waals surface area contributed by atoms with E-state index in [4.69, 9.17) is 70.8 Å². The Labute approximate surface area is 257 Å². The van der Waals surface area contributed by atoms with Crippen molar-refractivity contribution in [3.8, 4) is 0 Å². The fraction of sp³-hybridized carbons (Fsp3) is 0.727. The van der Waals surface area contributed by atoms with Crippen LogP contribution in [0.3, 0.4) is 0 Å². The van der Waals surface area contributed by atoms with Crippen LogP contribution in [0.2, 0.25) is 0 Å². The smallest absolute Gasteiger partial charge is 0.323 e. The number of nitrogens with two attached hydrogens (primary N) is 7. The number of guanidine groups is 1. The number of aliphatic hydroxyl groups excluding tert-OH is 1. The molecule has 20 N–H and O–H groups in total. The van der Waals surface area contributed by atoms with Gasteiger partial charge < -0.3 is 70.8 Å². The first-order valence-corrected chi connectivity index (χ1v) is 15.0. The number of nitrogens with zero attached hydrogens (tertiary/aromatic N) is 1. The first kappa shape index (κ1) is 47.0. The molecule has 0 aliphatic rings. The lowest BCUT2D eigenvalue weighted by Crippen LogP contribution is -2.39. The largest absolute Gasteiger partial charge is 0.480 e. The first-order chi connectivity index (χ1) is 19.6. The van der Waals surface area contributed by atoms with Gasteiger partial charge in [-0.2, -0.15) is 0 Å². The maximum atomic E-state index is 10.3. The van der Waals surface area contributed by atoms with Gasteiger partial charge in [-0.25, -0.2) is 0 Å². The number of carboxylic acid groups (broad SMARTS) is 5. The maximum Gasteiger partial charge on any atom is 0.323 e. The summed E-state index contributed by atoms with van der Waals surface area (Å²) in [6.07, 6.45) is 0.528. The lowest BCUT2D eigenvalue weighted by Gasteiger charge is -2.07. The molecule has 0 aromatic heterocycles. The molecule has 0 spiro atoms. The molecule has 0 aromatic rings. The Morgan fingerprint density at radius 1 is 0.651 bits per heavy atom. The van der Waals surface area contributed by atoms with E-state index in [-0.39, 0.29) is 17.5 Å². The second kappa shape index (κ2) is 27.9. The minimum Gasteiger partial charge on any atom is -0.480 e. The van der Waals surface area contributed by atoms with Gasteiger partial charge in [-0.1, -0.05) is 35.4 Å². The molecule has 0 fully saturated rings. The third-order valence-electron chi connectivity index (χ3n) is 4.35. The van der Waals surface area contributed by atoms with Crippen LogP contribution in [0.15, 0.2) is 4.99 Å². The van der Waals surface area contributed by atoms with Crippen LogP contribution in [0.25, 0.3) is 0 Å². The van der Waals surface area contributed by atoms with Gasteiger partial charge in [0.15, 0.2) is 5.96 Å². The quantitative estimate of drug-likeness (QED) is 0.0316. The van der Waals surface area contributed by atoms with Crippen LogP contribution in [-0.4, -0.2) is 121 Å². The monoisotopic (exact) mass is 664 g/mol. The minimum absolute atomic E-state index is 0.0129. The summed E-state index contributed by atoms with van der Waals surface area (Å²) in [7, 11) is 2.41. The van der Waals surface area contributed by atoms with Crippen molar-refractivity contribution in [3.63, 3.8) is 0 Å². The normalized spacial score (nSPS) is 14.3. The summed E-state index contributed by atoms with van der Waals surface area (Å²) in [5.74, 6) is -4.40. The Balaban J connectivity index is -0.000000241. The van der Waals surface area contributed by atoms with Crippen LogP contribution in [0.1, 0.15) is 40.0 Å². The number of rotatable bonds is 17. The van der Waals surface area contributed by atoms with Crippen LogP contribution in [-0.2, 0) is 24.0 Å². The Bertz CT molecular complexity index is 828. The number of hydrogen-bond donors (Lipinski definition) is 13. The Hall–Kier alpha value is -2.92. The molecule has 0 radical (unpaired) electrons. The molecular weight excluding hydrogens is 616 g/mol. The number of aliphatic hydroxyl groups is 1. The SMILES string of the molecule is CC(C)CC(N)C(=O)O.CC(O)C(N)C(=O)O.NC(CSSCC(N)C(=O)O)C(=O)O.NC(N)=NCCCC(N)C(=O)O. The summed E-state index contributed by atoms with van der Waals surface area (Å²) in [5.41, 5.74) is 35.9. The molecule has 0 aliphatic heterocycles. The van der Waals surface area contributed by atoms with Crippen molar-refractivity contribution in [2.75, 3.05) is 18.1 Å². The Morgan fingerprint density at radius 2 is 1.02 bits per heavy atom. The molecule has 0 rings (SSSR count). The number of aliphatic imine (C=N–C) groups is 1. The summed E-state index contributed by atoms with van der Waals surface area (Å²) in [6.45, 7) is 5.65. The van der Waals surface area contributed by atoms with Crippen molar-refractivity contribution < 1.29 is 54.6 Å². The van der Waals surface area contributed by atoms with Crippen molar-refractivity contribution in [1.29, 1.82) is 0 Å². The number of aliphatic carboxylic acids is 5. The van der Waals surface area contributed by atoms with Gasteiger partial charge in [0, 0.05) is 18.1 Å². The molecule has 6 unspecified atom stereocenters. The molecule has 0 saturated carbocycles. The minimum atomic E-state index is -1.18. The zero-order chi connectivity index (χ0) is 34.9. The average Bonchev–Trinajstić information content (AvgIpc) is 2.88. The molecule has 0 bridgehead atoms. The molecule has 0 saturated heterocycles. The van der Waals surface area contributed by atoms with Crippen LogP contribution in [0, 0.1) is 5.92 Å². The molecule has 21 heteroatoms. The molecule has 0 amide bonds. The molecule has 0 heterocycles. The molecule has 19 nitrogen and oxygen atoms in total. The van der Waals surface area contributed by atoms with Gasteiger partial charge in [0.05, 0.1) is 6.10 Å². The van der Waals surface area contributed by atoms with Gasteiger partial charge in [-0.05, 0) is 32.1 Å². The summed E-state index contributed by atoms with van der Waals surface area (Å²) in [4.78, 5) is 54.4. The van der Waals surface area contributed by atoms with Crippen molar-refractivity contribution in [3.05, 3.63) is 0 Å². The Kier molecular flexibility index (Phi) is 30.5. The predicted molar refractivity (Wildman–Crippen MR) is 164 cm³/mol. The van der Waals surface area contributed by atoms with E-state index in [9.17, 15) is 24.0 Å². The summed E-state index contributed by atoms with van der Waals surface area (Å²) < 4.78 is 0. The van der Waals surface area contributed by atoms with E-state index >= 15 is 0 Å². The van der Waals surface area contributed by atoms with Gasteiger partial charge in [0.1, 0.15) is 30.2 Å². The van der Waals surface area contributed by atoms with Crippen LogP contribution in [0.5, 0.6) is 0 Å². The summed E-state index contributed by atoms with van der Waals surface area (Å²) >= 11 is 0. The Morgan fingerprint density at radius 3 is 1.23 bits per heavy atom. The van der Waals surface area contributed by atoms with Gasteiger partial charge in [0.2, 0.25) is 0 Å². The maximum absolute atomic E-state index is 10.3. The first-order valence-electron chi connectivity index (χ1n) is 12.5.